The fourth-order valence-corrected chi connectivity index (χ4v) is 3.46. The summed E-state index contributed by atoms with van der Waals surface area (Å²) in [5.74, 6) is -1.16. The molecule has 1 amide bonds. The van der Waals surface area contributed by atoms with E-state index in [2.05, 4.69) is 0 Å². The maximum absolute atomic E-state index is 11.8. The lowest BCUT2D eigenvalue weighted by Gasteiger charge is -2.43. The van der Waals surface area contributed by atoms with Crippen LogP contribution in [0.3, 0.4) is 0 Å². The van der Waals surface area contributed by atoms with Crippen molar-refractivity contribution < 1.29 is 14.7 Å². The quantitative estimate of drug-likeness (QED) is 0.726. The molecule has 16 heavy (non-hydrogen) atoms. The van der Waals surface area contributed by atoms with Crippen molar-refractivity contribution >= 4 is 23.6 Å². The number of nitrogens with zero attached hydrogens (tertiary/aromatic N) is 2. The van der Waals surface area contributed by atoms with Gasteiger partial charge in [-0.2, -0.15) is 0 Å². The predicted molar refractivity (Wildman–Crippen MR) is 60.6 cm³/mol. The molecule has 1 fully saturated rings. The van der Waals surface area contributed by atoms with Crippen LogP contribution in [0.2, 0.25) is 0 Å². The van der Waals surface area contributed by atoms with E-state index in [4.69, 9.17) is 5.11 Å². The summed E-state index contributed by atoms with van der Waals surface area (Å²) in [6, 6.07) is 0. The SMILES string of the molecule is CC1=C(C(=O)O)N2C(=O)C(CN(C)C)[C@H]2S1. The zero-order chi connectivity index (χ0) is 12.0. The Morgan fingerprint density at radius 3 is 2.69 bits per heavy atom. The van der Waals surface area contributed by atoms with Crippen LogP contribution < -0.4 is 0 Å². The average Bonchev–Trinajstić information content (AvgIpc) is 2.49. The second-order valence-corrected chi connectivity index (χ2v) is 5.63. The smallest absolute Gasteiger partial charge is 0.353 e. The highest BCUT2D eigenvalue weighted by Crippen LogP contribution is 2.48. The molecule has 0 saturated carbocycles. The summed E-state index contributed by atoms with van der Waals surface area (Å²) in [6.07, 6.45) is 0. The molecule has 0 radical (unpaired) electrons. The molecule has 0 aromatic heterocycles. The number of allylic oxidation sites excluding steroid dienone is 1. The molecule has 2 aliphatic heterocycles. The first-order valence-electron chi connectivity index (χ1n) is 5.02. The van der Waals surface area contributed by atoms with Crippen LogP contribution in [0, 0.1) is 5.92 Å². The zero-order valence-corrected chi connectivity index (χ0v) is 10.2. The molecule has 88 valence electrons. The minimum Gasteiger partial charge on any atom is -0.477 e. The maximum Gasteiger partial charge on any atom is 0.353 e. The van der Waals surface area contributed by atoms with Crippen molar-refractivity contribution in [3.8, 4) is 0 Å². The van der Waals surface area contributed by atoms with Gasteiger partial charge in [-0.1, -0.05) is 0 Å². The van der Waals surface area contributed by atoms with Gasteiger partial charge in [-0.15, -0.1) is 11.8 Å². The summed E-state index contributed by atoms with van der Waals surface area (Å²) in [5.41, 5.74) is 0.162. The Bertz CT molecular complexity index is 392. The molecule has 1 N–H and O–H groups in total. The van der Waals surface area contributed by atoms with Crippen molar-refractivity contribution in [2.24, 2.45) is 5.92 Å². The number of carbonyl (C=O) groups is 2. The van der Waals surface area contributed by atoms with E-state index >= 15 is 0 Å². The number of hydrogen-bond acceptors (Lipinski definition) is 4. The molecule has 2 atom stereocenters. The van der Waals surface area contributed by atoms with Crippen molar-refractivity contribution in [3.05, 3.63) is 10.6 Å². The van der Waals surface area contributed by atoms with Gasteiger partial charge in [-0.3, -0.25) is 9.69 Å². The first kappa shape index (κ1) is 11.5. The third-order valence-corrected chi connectivity index (χ3v) is 4.12. The summed E-state index contributed by atoms with van der Waals surface area (Å²) >= 11 is 1.48. The third kappa shape index (κ3) is 1.53. The molecule has 2 rings (SSSR count). The predicted octanol–water partition coefficient (Wildman–Crippen LogP) is 0.395. The van der Waals surface area contributed by atoms with E-state index < -0.39 is 5.97 Å². The van der Waals surface area contributed by atoms with E-state index in [1.54, 1.807) is 6.92 Å². The van der Waals surface area contributed by atoms with Crippen LogP contribution >= 0.6 is 11.8 Å². The average molecular weight is 242 g/mol. The summed E-state index contributed by atoms with van der Waals surface area (Å²) in [7, 11) is 3.82. The van der Waals surface area contributed by atoms with Crippen molar-refractivity contribution in [1.29, 1.82) is 0 Å². The third-order valence-electron chi connectivity index (χ3n) is 2.79. The van der Waals surface area contributed by atoms with Gasteiger partial charge in [0.25, 0.3) is 0 Å². The Balaban J connectivity index is 2.16. The van der Waals surface area contributed by atoms with Crippen LogP contribution in [0.25, 0.3) is 0 Å². The molecular weight excluding hydrogens is 228 g/mol. The molecule has 1 saturated heterocycles. The first-order valence-corrected chi connectivity index (χ1v) is 5.90. The topological polar surface area (TPSA) is 60.9 Å². The lowest BCUT2D eigenvalue weighted by atomic mass is 9.97. The Hall–Kier alpha value is -1.01. The van der Waals surface area contributed by atoms with Gasteiger partial charge in [-0.25, -0.2) is 4.79 Å². The van der Waals surface area contributed by atoms with E-state index in [0.29, 0.717) is 6.54 Å². The largest absolute Gasteiger partial charge is 0.477 e. The van der Waals surface area contributed by atoms with E-state index in [9.17, 15) is 9.59 Å². The number of thioether (sulfide) groups is 1. The molecule has 0 aromatic carbocycles. The van der Waals surface area contributed by atoms with Crippen LogP contribution in [0.15, 0.2) is 10.6 Å². The van der Waals surface area contributed by atoms with E-state index in [-0.39, 0.29) is 22.9 Å². The minimum atomic E-state index is -1.01. The van der Waals surface area contributed by atoms with Crippen LogP contribution in [0.5, 0.6) is 0 Å². The van der Waals surface area contributed by atoms with Crippen LogP contribution in [-0.2, 0) is 9.59 Å². The Morgan fingerprint density at radius 2 is 2.19 bits per heavy atom. The lowest BCUT2D eigenvalue weighted by Crippen LogP contribution is -2.60. The van der Waals surface area contributed by atoms with Crippen molar-refractivity contribution in [2.45, 2.75) is 12.3 Å². The molecule has 0 aliphatic carbocycles. The number of fused-ring (bicyclic) bond motifs is 1. The van der Waals surface area contributed by atoms with E-state index in [0.717, 1.165) is 4.91 Å². The van der Waals surface area contributed by atoms with Gasteiger partial charge in [0.15, 0.2) is 0 Å². The van der Waals surface area contributed by atoms with Gasteiger partial charge in [0, 0.05) is 11.4 Å². The van der Waals surface area contributed by atoms with E-state index in [1.165, 1.54) is 16.7 Å². The zero-order valence-electron chi connectivity index (χ0n) is 9.43. The standard InChI is InChI=1S/C10H14N2O3S/c1-5-7(10(14)15)12-8(13)6(4-11(2)3)9(12)16-5/h6,9H,4H2,1-3H3,(H,14,15)/t6?,9-/m1/s1. The monoisotopic (exact) mass is 242 g/mol. The second-order valence-electron chi connectivity index (χ2n) is 4.30. The molecule has 0 spiro atoms. The molecule has 2 aliphatic rings. The van der Waals surface area contributed by atoms with Gasteiger partial charge < -0.3 is 10.0 Å². The number of amides is 1. The van der Waals surface area contributed by atoms with Gasteiger partial charge in [0.05, 0.1) is 5.92 Å². The number of aliphatic carboxylic acids is 1. The molecule has 0 aromatic rings. The Kier molecular flexibility index (Phi) is 2.71. The number of β-lactam (4-membered cyclic amide) rings is 1. The van der Waals surface area contributed by atoms with Crippen LogP contribution in [0.4, 0.5) is 0 Å². The number of rotatable bonds is 3. The molecule has 5 nitrogen and oxygen atoms in total. The molecule has 6 heteroatoms. The molecule has 2 heterocycles. The summed E-state index contributed by atoms with van der Waals surface area (Å²) in [4.78, 5) is 26.9. The summed E-state index contributed by atoms with van der Waals surface area (Å²) in [5, 5.41) is 9.00. The second kappa shape index (κ2) is 3.78. The summed E-state index contributed by atoms with van der Waals surface area (Å²) in [6.45, 7) is 2.43. The van der Waals surface area contributed by atoms with Crippen molar-refractivity contribution in [3.63, 3.8) is 0 Å². The van der Waals surface area contributed by atoms with Crippen LogP contribution in [0.1, 0.15) is 6.92 Å². The number of carbonyl (C=O) groups excluding carboxylic acids is 1. The maximum atomic E-state index is 11.8. The molecule has 1 unspecified atom stereocenters. The highest BCUT2D eigenvalue weighted by Gasteiger charge is 2.54. The van der Waals surface area contributed by atoms with Gasteiger partial charge in [-0.05, 0) is 21.0 Å². The number of carboxylic acids is 1. The van der Waals surface area contributed by atoms with E-state index in [1.807, 2.05) is 19.0 Å². The summed E-state index contributed by atoms with van der Waals surface area (Å²) < 4.78 is 0. The molecular formula is C10H14N2O3S. The lowest BCUT2D eigenvalue weighted by molar-refractivity contribution is -0.152. The first-order chi connectivity index (χ1) is 7.43. The minimum absolute atomic E-state index is 0.0130. The fourth-order valence-electron chi connectivity index (χ4n) is 2.12. The molecule has 0 bridgehead atoms. The highest BCUT2D eigenvalue weighted by atomic mass is 32.2. The fraction of sp³-hybridized carbons (Fsp3) is 0.600. The Morgan fingerprint density at radius 1 is 1.56 bits per heavy atom. The number of hydrogen-bond donors (Lipinski definition) is 1. The van der Waals surface area contributed by atoms with Crippen molar-refractivity contribution in [2.75, 3.05) is 20.6 Å². The van der Waals surface area contributed by atoms with Gasteiger partial charge in [0.1, 0.15) is 11.1 Å². The van der Waals surface area contributed by atoms with Gasteiger partial charge in [0.2, 0.25) is 5.91 Å². The van der Waals surface area contributed by atoms with Crippen molar-refractivity contribution in [1.82, 2.24) is 9.80 Å². The van der Waals surface area contributed by atoms with Crippen LogP contribution in [-0.4, -0.2) is 52.8 Å². The van der Waals surface area contributed by atoms with Gasteiger partial charge >= 0.3 is 5.97 Å². The highest BCUT2D eigenvalue weighted by molar-refractivity contribution is 8.04. The number of carboxylic acid groups (broad SMARTS) is 1. The normalized spacial score (nSPS) is 28.5. The Labute approximate surface area is 98.1 Å².